The Balaban J connectivity index is 1.49. The van der Waals surface area contributed by atoms with Crippen LogP contribution in [0.5, 0.6) is 11.5 Å². The third-order valence-electron chi connectivity index (χ3n) is 4.46. The Bertz CT molecular complexity index is 936. The summed E-state index contributed by atoms with van der Waals surface area (Å²) in [4.78, 5) is 8.66. The van der Waals surface area contributed by atoms with Crippen molar-refractivity contribution >= 4 is 11.8 Å². The van der Waals surface area contributed by atoms with Crippen LogP contribution in [-0.4, -0.2) is 37.3 Å². The highest BCUT2D eigenvalue weighted by molar-refractivity contribution is 5.44. The van der Waals surface area contributed by atoms with Crippen molar-refractivity contribution in [1.29, 1.82) is 0 Å². The zero-order valence-electron chi connectivity index (χ0n) is 16.6. The van der Waals surface area contributed by atoms with Gasteiger partial charge in [-0.2, -0.15) is 4.98 Å². The van der Waals surface area contributed by atoms with Crippen molar-refractivity contribution in [2.24, 2.45) is 0 Å². The maximum atomic E-state index is 13.7. The first-order chi connectivity index (χ1) is 14.2. The van der Waals surface area contributed by atoms with Crippen LogP contribution in [0.1, 0.15) is 11.1 Å². The third kappa shape index (κ3) is 5.81. The van der Waals surface area contributed by atoms with Crippen molar-refractivity contribution in [2.75, 3.05) is 37.9 Å². The lowest BCUT2D eigenvalue weighted by Gasteiger charge is -2.11. The second-order valence-electron chi connectivity index (χ2n) is 6.40. The van der Waals surface area contributed by atoms with Crippen LogP contribution in [-0.2, 0) is 12.8 Å². The molecule has 1 heterocycles. The molecule has 152 valence electrons. The molecule has 0 atom stereocenters. The third-order valence-corrected chi connectivity index (χ3v) is 4.46. The summed E-state index contributed by atoms with van der Waals surface area (Å²) >= 11 is 0. The van der Waals surface area contributed by atoms with E-state index in [1.54, 1.807) is 32.5 Å². The monoisotopic (exact) mass is 396 g/mol. The molecule has 2 aromatic carbocycles. The largest absolute Gasteiger partial charge is 0.493 e. The first kappa shape index (κ1) is 20.4. The molecule has 0 amide bonds. The summed E-state index contributed by atoms with van der Waals surface area (Å²) < 4.78 is 24.3. The van der Waals surface area contributed by atoms with Gasteiger partial charge in [0, 0.05) is 19.3 Å². The number of anilines is 2. The van der Waals surface area contributed by atoms with Gasteiger partial charge in [0.1, 0.15) is 11.6 Å². The predicted molar refractivity (Wildman–Crippen MR) is 112 cm³/mol. The number of benzene rings is 2. The molecule has 3 rings (SSSR count). The van der Waals surface area contributed by atoms with Crippen LogP contribution < -0.4 is 20.1 Å². The van der Waals surface area contributed by atoms with Gasteiger partial charge in [-0.3, -0.25) is 0 Å². The summed E-state index contributed by atoms with van der Waals surface area (Å²) in [6, 6.07) is 14.5. The lowest BCUT2D eigenvalue weighted by atomic mass is 10.1. The normalized spacial score (nSPS) is 10.4. The zero-order valence-corrected chi connectivity index (χ0v) is 16.6. The first-order valence-corrected chi connectivity index (χ1v) is 9.44. The summed E-state index contributed by atoms with van der Waals surface area (Å²) in [5.74, 6) is 2.48. The Morgan fingerprint density at radius 2 is 1.69 bits per heavy atom. The van der Waals surface area contributed by atoms with Crippen LogP contribution >= 0.6 is 0 Å². The van der Waals surface area contributed by atoms with Gasteiger partial charge in [-0.25, -0.2) is 9.37 Å². The maximum Gasteiger partial charge on any atom is 0.224 e. The van der Waals surface area contributed by atoms with Gasteiger partial charge in [-0.15, -0.1) is 0 Å². The van der Waals surface area contributed by atoms with Crippen LogP contribution in [0.2, 0.25) is 0 Å². The van der Waals surface area contributed by atoms with Crippen LogP contribution in [0, 0.1) is 5.82 Å². The quantitative estimate of drug-likeness (QED) is 0.541. The van der Waals surface area contributed by atoms with Gasteiger partial charge in [-0.05, 0) is 48.2 Å². The van der Waals surface area contributed by atoms with E-state index < -0.39 is 0 Å². The Labute approximate surface area is 170 Å². The molecular formula is C22H25FN4O2. The van der Waals surface area contributed by atoms with Gasteiger partial charge in [0.05, 0.1) is 14.2 Å². The molecule has 29 heavy (non-hydrogen) atoms. The van der Waals surface area contributed by atoms with E-state index in [0.717, 1.165) is 17.8 Å². The second kappa shape index (κ2) is 10.3. The van der Waals surface area contributed by atoms with Crippen molar-refractivity contribution < 1.29 is 13.9 Å². The predicted octanol–water partition coefficient (Wildman–Crippen LogP) is 3.94. The van der Waals surface area contributed by atoms with E-state index in [2.05, 4.69) is 20.6 Å². The molecule has 7 heteroatoms. The van der Waals surface area contributed by atoms with Crippen molar-refractivity contribution in [3.63, 3.8) is 0 Å². The van der Waals surface area contributed by atoms with Gasteiger partial charge in [0.2, 0.25) is 5.95 Å². The summed E-state index contributed by atoms with van der Waals surface area (Å²) in [6.07, 6.45) is 3.06. The highest BCUT2D eigenvalue weighted by atomic mass is 19.1. The number of hydrogen-bond donors (Lipinski definition) is 2. The first-order valence-electron chi connectivity index (χ1n) is 9.44. The average molecular weight is 396 g/mol. The van der Waals surface area contributed by atoms with Gasteiger partial charge in [0.15, 0.2) is 11.5 Å². The minimum absolute atomic E-state index is 0.194. The van der Waals surface area contributed by atoms with E-state index in [0.29, 0.717) is 42.5 Å². The molecule has 0 aliphatic carbocycles. The molecule has 6 nitrogen and oxygen atoms in total. The number of halogens is 1. The molecular weight excluding hydrogens is 371 g/mol. The van der Waals surface area contributed by atoms with Gasteiger partial charge in [-0.1, -0.05) is 24.3 Å². The Morgan fingerprint density at radius 1 is 0.897 bits per heavy atom. The number of aromatic nitrogens is 2. The molecule has 0 bridgehead atoms. The van der Waals surface area contributed by atoms with Crippen molar-refractivity contribution in [1.82, 2.24) is 9.97 Å². The highest BCUT2D eigenvalue weighted by Gasteiger charge is 2.05. The van der Waals surface area contributed by atoms with E-state index in [9.17, 15) is 4.39 Å². The molecule has 0 aliphatic heterocycles. The molecule has 0 saturated carbocycles. The molecule has 2 N–H and O–H groups in total. The second-order valence-corrected chi connectivity index (χ2v) is 6.40. The standard InChI is InChI=1S/C22H25FN4O2/c1-28-19-8-7-16(15-20(19)29-2)9-12-24-21-11-14-26-22(27-21)25-13-10-17-5-3-4-6-18(17)23/h3-8,11,14-15H,9-10,12-13H2,1-2H3,(H2,24,25,26,27). The zero-order chi connectivity index (χ0) is 20.5. The average Bonchev–Trinajstić information content (AvgIpc) is 2.75. The minimum atomic E-state index is -0.194. The van der Waals surface area contributed by atoms with Gasteiger partial charge in [0.25, 0.3) is 0 Å². The Kier molecular flexibility index (Phi) is 7.22. The van der Waals surface area contributed by atoms with Gasteiger partial charge < -0.3 is 20.1 Å². The van der Waals surface area contributed by atoms with E-state index >= 15 is 0 Å². The number of rotatable bonds is 10. The molecule has 0 saturated heterocycles. The lowest BCUT2D eigenvalue weighted by molar-refractivity contribution is 0.354. The molecule has 0 radical (unpaired) electrons. The Morgan fingerprint density at radius 3 is 2.48 bits per heavy atom. The molecule has 0 aliphatic rings. The Hall–Kier alpha value is -3.35. The molecule has 0 fully saturated rings. The molecule has 3 aromatic rings. The number of ether oxygens (including phenoxy) is 2. The van der Waals surface area contributed by atoms with Crippen LogP contribution in [0.4, 0.5) is 16.2 Å². The number of nitrogens with zero attached hydrogens (tertiary/aromatic N) is 2. The topological polar surface area (TPSA) is 68.3 Å². The summed E-state index contributed by atoms with van der Waals surface area (Å²) in [6.45, 7) is 1.26. The smallest absolute Gasteiger partial charge is 0.224 e. The van der Waals surface area contributed by atoms with Crippen LogP contribution in [0.15, 0.2) is 54.7 Å². The minimum Gasteiger partial charge on any atom is -0.493 e. The number of methoxy groups -OCH3 is 2. The van der Waals surface area contributed by atoms with Crippen LogP contribution in [0.3, 0.4) is 0 Å². The highest BCUT2D eigenvalue weighted by Crippen LogP contribution is 2.27. The van der Waals surface area contributed by atoms with Crippen molar-refractivity contribution in [3.05, 3.63) is 71.7 Å². The van der Waals surface area contributed by atoms with E-state index in [4.69, 9.17) is 9.47 Å². The summed E-state index contributed by atoms with van der Waals surface area (Å²) in [5, 5.41) is 6.43. The van der Waals surface area contributed by atoms with Crippen LogP contribution in [0.25, 0.3) is 0 Å². The fraction of sp³-hybridized carbons (Fsp3) is 0.273. The summed E-state index contributed by atoms with van der Waals surface area (Å²) in [7, 11) is 3.25. The number of nitrogens with one attached hydrogen (secondary N) is 2. The van der Waals surface area contributed by atoms with E-state index in [1.165, 1.54) is 6.07 Å². The fourth-order valence-corrected chi connectivity index (χ4v) is 2.92. The molecule has 0 spiro atoms. The lowest BCUT2D eigenvalue weighted by Crippen LogP contribution is -2.11. The molecule has 1 aromatic heterocycles. The van der Waals surface area contributed by atoms with E-state index in [1.807, 2.05) is 30.3 Å². The van der Waals surface area contributed by atoms with Crippen molar-refractivity contribution in [2.45, 2.75) is 12.8 Å². The SMILES string of the molecule is COc1ccc(CCNc2ccnc(NCCc3ccccc3F)n2)cc1OC. The number of hydrogen-bond acceptors (Lipinski definition) is 6. The van der Waals surface area contributed by atoms with Crippen molar-refractivity contribution in [3.8, 4) is 11.5 Å². The van der Waals surface area contributed by atoms with E-state index in [-0.39, 0.29) is 5.82 Å². The maximum absolute atomic E-state index is 13.7. The van der Waals surface area contributed by atoms with Gasteiger partial charge >= 0.3 is 0 Å². The summed E-state index contributed by atoms with van der Waals surface area (Å²) in [5.41, 5.74) is 1.80. The molecule has 0 unspecified atom stereocenters. The fourth-order valence-electron chi connectivity index (χ4n) is 2.92.